The summed E-state index contributed by atoms with van der Waals surface area (Å²) in [5, 5.41) is 10.2. The summed E-state index contributed by atoms with van der Waals surface area (Å²) < 4.78 is 21.1. The van der Waals surface area contributed by atoms with Crippen LogP contribution in [0.15, 0.2) is 41.9 Å². The maximum Gasteiger partial charge on any atom is 0.124 e. The summed E-state index contributed by atoms with van der Waals surface area (Å²) in [7, 11) is 1.93. The van der Waals surface area contributed by atoms with Gasteiger partial charge in [0.05, 0.1) is 11.5 Å². The van der Waals surface area contributed by atoms with E-state index in [1.54, 1.807) is 23.5 Å². The van der Waals surface area contributed by atoms with Gasteiger partial charge in [0.25, 0.3) is 0 Å². The molecule has 0 saturated heterocycles. The van der Waals surface area contributed by atoms with Crippen LogP contribution in [-0.2, 0) is 13.6 Å². The Kier molecular flexibility index (Phi) is 4.08. The van der Waals surface area contributed by atoms with Gasteiger partial charge in [0.15, 0.2) is 0 Å². The second-order valence-corrected chi connectivity index (χ2v) is 6.85. The average molecular weight is 343 g/mol. The largest absolute Gasteiger partial charge is 0.493 e. The third kappa shape index (κ3) is 2.95. The summed E-state index contributed by atoms with van der Waals surface area (Å²) in [5.74, 6) is 0.538. The first-order valence-electron chi connectivity index (χ1n) is 7.93. The van der Waals surface area contributed by atoms with Crippen LogP contribution in [0.25, 0.3) is 10.6 Å². The number of nitrogens with zero attached hydrogens (tertiary/aromatic N) is 2. The predicted octanol–water partition coefficient (Wildman–Crippen LogP) is 3.90. The van der Waals surface area contributed by atoms with Crippen molar-refractivity contribution < 1.29 is 9.13 Å². The van der Waals surface area contributed by atoms with Crippen molar-refractivity contribution in [3.8, 4) is 16.3 Å². The van der Waals surface area contributed by atoms with Crippen LogP contribution >= 0.6 is 11.3 Å². The van der Waals surface area contributed by atoms with Gasteiger partial charge in [0.2, 0.25) is 0 Å². The van der Waals surface area contributed by atoms with Gasteiger partial charge in [0.1, 0.15) is 17.3 Å². The molecule has 2 aromatic heterocycles. The van der Waals surface area contributed by atoms with Crippen LogP contribution in [0.3, 0.4) is 0 Å². The lowest BCUT2D eigenvalue weighted by molar-refractivity contribution is 0.251. The number of aromatic nitrogens is 2. The summed E-state index contributed by atoms with van der Waals surface area (Å²) in [5.41, 5.74) is 3.04. The van der Waals surface area contributed by atoms with Crippen molar-refractivity contribution in [2.24, 2.45) is 7.05 Å². The van der Waals surface area contributed by atoms with Gasteiger partial charge in [-0.25, -0.2) is 4.39 Å². The van der Waals surface area contributed by atoms with Gasteiger partial charge in [-0.05, 0) is 29.6 Å². The third-order valence-electron chi connectivity index (χ3n) is 4.21. The number of thiophene rings is 1. The number of ether oxygens (including phenoxy) is 1. The van der Waals surface area contributed by atoms with E-state index in [4.69, 9.17) is 4.74 Å². The number of benzene rings is 1. The van der Waals surface area contributed by atoms with E-state index in [2.05, 4.69) is 21.9 Å². The number of halogens is 1. The molecule has 1 aliphatic rings. The lowest BCUT2D eigenvalue weighted by Gasteiger charge is -2.26. The molecule has 124 valence electrons. The van der Waals surface area contributed by atoms with Gasteiger partial charge in [0, 0.05) is 43.4 Å². The minimum Gasteiger partial charge on any atom is -0.493 e. The molecule has 0 fully saturated rings. The summed E-state index contributed by atoms with van der Waals surface area (Å²) in [6.07, 6.45) is 2.86. The highest BCUT2D eigenvalue weighted by atomic mass is 32.1. The van der Waals surface area contributed by atoms with Crippen LogP contribution in [0, 0.1) is 5.82 Å². The highest BCUT2D eigenvalue weighted by Gasteiger charge is 2.22. The zero-order valence-corrected chi connectivity index (χ0v) is 14.1. The summed E-state index contributed by atoms with van der Waals surface area (Å²) in [4.78, 5) is 1.16. The fourth-order valence-electron chi connectivity index (χ4n) is 3.10. The lowest BCUT2D eigenvalue weighted by Crippen LogP contribution is -2.27. The Balaban J connectivity index is 1.56. The van der Waals surface area contributed by atoms with E-state index in [9.17, 15) is 4.39 Å². The van der Waals surface area contributed by atoms with Gasteiger partial charge >= 0.3 is 0 Å². The molecule has 3 aromatic rings. The van der Waals surface area contributed by atoms with E-state index in [0.29, 0.717) is 13.2 Å². The molecule has 0 amide bonds. The zero-order valence-electron chi connectivity index (χ0n) is 13.3. The second kappa shape index (κ2) is 6.37. The molecule has 0 spiro atoms. The van der Waals surface area contributed by atoms with Crippen LogP contribution in [0.2, 0.25) is 0 Å². The molecule has 3 heterocycles. The van der Waals surface area contributed by atoms with Gasteiger partial charge in [-0.2, -0.15) is 5.10 Å². The molecular formula is C18H18FN3OS. The fraction of sp³-hybridized carbons (Fsp3) is 0.278. The first kappa shape index (κ1) is 15.4. The Morgan fingerprint density at radius 2 is 2.33 bits per heavy atom. The Hall–Kier alpha value is -2.18. The topological polar surface area (TPSA) is 39.1 Å². The number of rotatable bonds is 4. The first-order chi connectivity index (χ1) is 11.7. The minimum absolute atomic E-state index is 0.0841. The monoisotopic (exact) mass is 343 g/mol. The maximum atomic E-state index is 13.6. The van der Waals surface area contributed by atoms with Crippen molar-refractivity contribution in [1.82, 2.24) is 15.1 Å². The Labute approximate surface area is 143 Å². The number of aryl methyl sites for hydroxylation is 1. The second-order valence-electron chi connectivity index (χ2n) is 5.91. The Morgan fingerprint density at radius 1 is 1.42 bits per heavy atom. The SMILES string of the molecule is Cn1cc(CNC2CCOc3ccc(F)cc32)c(-c2cccs2)n1. The highest BCUT2D eigenvalue weighted by Crippen LogP contribution is 2.33. The van der Waals surface area contributed by atoms with Crippen molar-refractivity contribution in [3.05, 3.63) is 58.9 Å². The molecule has 4 rings (SSSR count). The predicted molar refractivity (Wildman–Crippen MR) is 92.6 cm³/mol. The van der Waals surface area contributed by atoms with Crippen molar-refractivity contribution in [2.75, 3.05) is 6.61 Å². The summed E-state index contributed by atoms with van der Waals surface area (Å²) in [6, 6.07) is 8.91. The number of fused-ring (bicyclic) bond motifs is 1. The highest BCUT2D eigenvalue weighted by molar-refractivity contribution is 7.13. The molecule has 0 radical (unpaired) electrons. The molecule has 6 heteroatoms. The van der Waals surface area contributed by atoms with Crippen molar-refractivity contribution in [1.29, 1.82) is 0 Å². The third-order valence-corrected chi connectivity index (χ3v) is 5.09. The van der Waals surface area contributed by atoms with Gasteiger partial charge in [-0.15, -0.1) is 11.3 Å². The molecule has 1 atom stereocenters. The molecule has 1 aromatic carbocycles. The Morgan fingerprint density at radius 3 is 3.17 bits per heavy atom. The van der Waals surface area contributed by atoms with Gasteiger partial charge < -0.3 is 10.1 Å². The molecule has 1 aliphatic heterocycles. The molecule has 0 saturated carbocycles. The average Bonchev–Trinajstić information content (AvgIpc) is 3.22. The van der Waals surface area contributed by atoms with E-state index >= 15 is 0 Å². The first-order valence-corrected chi connectivity index (χ1v) is 8.81. The quantitative estimate of drug-likeness (QED) is 0.781. The van der Waals surface area contributed by atoms with E-state index in [1.807, 2.05) is 24.0 Å². The molecular weight excluding hydrogens is 325 g/mol. The lowest BCUT2D eigenvalue weighted by atomic mass is 10.00. The van der Waals surface area contributed by atoms with Gasteiger partial charge in [-0.3, -0.25) is 4.68 Å². The van der Waals surface area contributed by atoms with Crippen molar-refractivity contribution >= 4 is 11.3 Å². The van der Waals surface area contributed by atoms with Crippen LogP contribution < -0.4 is 10.1 Å². The van der Waals surface area contributed by atoms with Gasteiger partial charge in [-0.1, -0.05) is 6.07 Å². The van der Waals surface area contributed by atoms with E-state index in [1.165, 1.54) is 6.07 Å². The van der Waals surface area contributed by atoms with E-state index in [0.717, 1.165) is 33.9 Å². The molecule has 0 aliphatic carbocycles. The van der Waals surface area contributed by atoms with Crippen LogP contribution in [0.4, 0.5) is 4.39 Å². The zero-order chi connectivity index (χ0) is 16.5. The standard InChI is InChI=1S/C18H18FN3OS/c1-22-11-12(18(21-22)17-3-2-8-24-17)10-20-15-6-7-23-16-5-4-13(19)9-14(15)16/h2-5,8-9,11,15,20H,6-7,10H2,1H3. The van der Waals surface area contributed by atoms with Crippen LogP contribution in [-0.4, -0.2) is 16.4 Å². The van der Waals surface area contributed by atoms with E-state index < -0.39 is 0 Å². The van der Waals surface area contributed by atoms with E-state index in [-0.39, 0.29) is 11.9 Å². The van der Waals surface area contributed by atoms with Crippen LogP contribution in [0.1, 0.15) is 23.6 Å². The molecule has 4 nitrogen and oxygen atoms in total. The summed E-state index contributed by atoms with van der Waals surface area (Å²) in [6.45, 7) is 1.32. The summed E-state index contributed by atoms with van der Waals surface area (Å²) >= 11 is 1.68. The smallest absolute Gasteiger partial charge is 0.124 e. The molecule has 0 bridgehead atoms. The number of hydrogen-bond donors (Lipinski definition) is 1. The van der Waals surface area contributed by atoms with Crippen molar-refractivity contribution in [3.63, 3.8) is 0 Å². The minimum atomic E-state index is -0.230. The number of hydrogen-bond acceptors (Lipinski definition) is 4. The number of nitrogens with one attached hydrogen (secondary N) is 1. The maximum absolute atomic E-state index is 13.6. The van der Waals surface area contributed by atoms with Crippen molar-refractivity contribution in [2.45, 2.75) is 19.0 Å². The molecule has 24 heavy (non-hydrogen) atoms. The van der Waals surface area contributed by atoms with Crippen LogP contribution in [0.5, 0.6) is 5.75 Å². The Bertz CT molecular complexity index is 844. The molecule has 1 unspecified atom stereocenters. The molecule has 1 N–H and O–H groups in total. The fourth-order valence-corrected chi connectivity index (χ4v) is 3.84. The normalized spacial score (nSPS) is 16.7.